The van der Waals surface area contributed by atoms with Gasteiger partial charge in [0.15, 0.2) is 0 Å². The largest absolute Gasteiger partial charge is 0.469 e. The number of nitrogens with zero attached hydrogens (tertiary/aromatic N) is 1. The number of hydrogen-bond acceptors (Lipinski definition) is 6. The van der Waals surface area contributed by atoms with Gasteiger partial charge in [0.1, 0.15) is 6.04 Å². The fourth-order valence-corrected chi connectivity index (χ4v) is 4.87. The lowest BCUT2D eigenvalue weighted by Crippen LogP contribution is -2.44. The molecule has 0 spiro atoms. The molecule has 0 saturated carbocycles. The molecule has 4 rings (SSSR count). The number of ether oxygens (including phenoxy) is 2. The Morgan fingerprint density at radius 3 is 2.15 bits per heavy atom. The lowest BCUT2D eigenvalue weighted by atomic mass is 9.91. The van der Waals surface area contributed by atoms with E-state index < -0.39 is 29.9 Å². The Morgan fingerprint density at radius 1 is 0.850 bits per heavy atom. The SMILES string of the molecule is COC(=O)CC(CC(=O)OC)c1ccc2c(c1)CCN2C(=O)C(NC(=O)Nc1ccccc1C)c1ccccc1. The molecule has 0 radical (unpaired) electrons. The molecule has 9 nitrogen and oxygen atoms in total. The van der Waals surface area contributed by atoms with Crippen LogP contribution in [0, 0.1) is 6.92 Å². The molecule has 40 heavy (non-hydrogen) atoms. The standard InChI is InChI=1S/C31H33N3O6/c1-20-9-7-8-12-25(20)32-31(38)33-29(21-10-5-4-6-11-21)30(37)34-16-15-23-17-22(13-14-26(23)34)24(18-27(35)39-2)19-28(36)40-3/h4-14,17,24,29H,15-16,18-19H2,1-3H3,(H2,32,33,38). The zero-order valence-electron chi connectivity index (χ0n) is 22.8. The third-order valence-electron chi connectivity index (χ3n) is 7.07. The van der Waals surface area contributed by atoms with E-state index in [2.05, 4.69) is 10.6 Å². The highest BCUT2D eigenvalue weighted by Gasteiger charge is 2.33. The number of rotatable bonds is 9. The van der Waals surface area contributed by atoms with Crippen LogP contribution in [-0.4, -0.2) is 44.6 Å². The van der Waals surface area contributed by atoms with Crippen LogP contribution in [0.1, 0.15) is 47.1 Å². The number of benzene rings is 3. The number of para-hydroxylation sites is 1. The first kappa shape index (κ1) is 28.4. The van der Waals surface area contributed by atoms with E-state index in [9.17, 15) is 19.2 Å². The van der Waals surface area contributed by atoms with Gasteiger partial charge in [-0.2, -0.15) is 0 Å². The van der Waals surface area contributed by atoms with E-state index in [1.54, 1.807) is 23.1 Å². The van der Waals surface area contributed by atoms with Crippen molar-refractivity contribution >= 4 is 35.3 Å². The summed E-state index contributed by atoms with van der Waals surface area (Å²) < 4.78 is 9.64. The number of aryl methyl sites for hydroxylation is 1. The summed E-state index contributed by atoms with van der Waals surface area (Å²) in [4.78, 5) is 52.6. The van der Waals surface area contributed by atoms with Gasteiger partial charge >= 0.3 is 18.0 Å². The minimum absolute atomic E-state index is 0.0308. The number of fused-ring (bicyclic) bond motifs is 1. The van der Waals surface area contributed by atoms with Crippen LogP contribution in [0.2, 0.25) is 0 Å². The number of anilines is 2. The molecule has 0 aromatic heterocycles. The van der Waals surface area contributed by atoms with Gasteiger partial charge in [-0.25, -0.2) is 4.79 Å². The van der Waals surface area contributed by atoms with Crippen molar-refractivity contribution in [2.75, 3.05) is 31.0 Å². The first-order valence-electron chi connectivity index (χ1n) is 13.1. The minimum Gasteiger partial charge on any atom is -0.469 e. The fourth-order valence-electron chi connectivity index (χ4n) is 4.87. The molecular weight excluding hydrogens is 510 g/mol. The quantitative estimate of drug-likeness (QED) is 0.380. The second-order valence-corrected chi connectivity index (χ2v) is 9.64. The summed E-state index contributed by atoms with van der Waals surface area (Å²) in [7, 11) is 2.62. The molecule has 3 aromatic carbocycles. The molecule has 9 heteroatoms. The summed E-state index contributed by atoms with van der Waals surface area (Å²) in [5.74, 6) is -1.53. The van der Waals surface area contributed by atoms with Crippen molar-refractivity contribution in [2.45, 2.75) is 38.1 Å². The van der Waals surface area contributed by atoms with Crippen LogP contribution in [0.5, 0.6) is 0 Å². The van der Waals surface area contributed by atoms with E-state index in [0.717, 1.165) is 22.4 Å². The normalized spacial score (nSPS) is 12.8. The number of esters is 2. The number of urea groups is 1. The van der Waals surface area contributed by atoms with E-state index >= 15 is 0 Å². The highest BCUT2D eigenvalue weighted by molar-refractivity contribution is 6.02. The van der Waals surface area contributed by atoms with E-state index in [1.807, 2.05) is 61.5 Å². The van der Waals surface area contributed by atoms with Crippen LogP contribution in [-0.2, 0) is 30.3 Å². The third kappa shape index (κ3) is 6.66. The van der Waals surface area contributed by atoms with Gasteiger partial charge in [0, 0.05) is 23.8 Å². The van der Waals surface area contributed by atoms with Crippen molar-refractivity contribution in [3.05, 3.63) is 95.1 Å². The summed E-state index contributed by atoms with van der Waals surface area (Å²) in [6.07, 6.45) is 0.654. The molecule has 208 valence electrons. The summed E-state index contributed by atoms with van der Waals surface area (Å²) in [6.45, 7) is 2.33. The van der Waals surface area contributed by atoms with Crippen LogP contribution in [0.25, 0.3) is 0 Å². The number of carbonyl (C=O) groups is 4. The molecule has 3 aromatic rings. The van der Waals surface area contributed by atoms with E-state index in [1.165, 1.54) is 14.2 Å². The van der Waals surface area contributed by atoms with Gasteiger partial charge < -0.3 is 25.0 Å². The lowest BCUT2D eigenvalue weighted by molar-refractivity contribution is -0.143. The van der Waals surface area contributed by atoms with Crippen molar-refractivity contribution in [3.63, 3.8) is 0 Å². The third-order valence-corrected chi connectivity index (χ3v) is 7.07. The molecule has 0 saturated heterocycles. The van der Waals surface area contributed by atoms with E-state index in [-0.39, 0.29) is 18.7 Å². The first-order chi connectivity index (χ1) is 19.3. The van der Waals surface area contributed by atoms with Crippen LogP contribution in [0.15, 0.2) is 72.8 Å². The fraction of sp³-hybridized carbons (Fsp3) is 0.290. The maximum atomic E-state index is 13.9. The maximum Gasteiger partial charge on any atom is 0.320 e. The average Bonchev–Trinajstić information content (AvgIpc) is 3.40. The van der Waals surface area contributed by atoms with Crippen LogP contribution < -0.4 is 15.5 Å². The number of hydrogen-bond donors (Lipinski definition) is 2. The van der Waals surface area contributed by atoms with Gasteiger partial charge in [-0.05, 0) is 47.7 Å². The van der Waals surface area contributed by atoms with Crippen molar-refractivity contribution in [2.24, 2.45) is 0 Å². The molecule has 0 aliphatic carbocycles. The van der Waals surface area contributed by atoms with Crippen molar-refractivity contribution in [1.29, 1.82) is 0 Å². The Labute approximate surface area is 233 Å². The van der Waals surface area contributed by atoms with E-state index in [4.69, 9.17) is 9.47 Å². The number of nitrogens with one attached hydrogen (secondary N) is 2. The van der Waals surface area contributed by atoms with Gasteiger partial charge in [0.2, 0.25) is 0 Å². The molecule has 3 amide bonds. The molecule has 1 atom stereocenters. The molecule has 1 heterocycles. The second-order valence-electron chi connectivity index (χ2n) is 9.64. The summed E-state index contributed by atoms with van der Waals surface area (Å²) in [6, 6.07) is 20.7. The van der Waals surface area contributed by atoms with Crippen LogP contribution in [0.3, 0.4) is 0 Å². The Morgan fingerprint density at radius 2 is 1.50 bits per heavy atom. The van der Waals surface area contributed by atoms with Crippen molar-refractivity contribution in [3.8, 4) is 0 Å². The van der Waals surface area contributed by atoms with Crippen LogP contribution in [0.4, 0.5) is 16.2 Å². The van der Waals surface area contributed by atoms with Crippen molar-refractivity contribution < 1.29 is 28.7 Å². The maximum absolute atomic E-state index is 13.9. The predicted octanol–water partition coefficient (Wildman–Crippen LogP) is 4.66. The summed E-state index contributed by atoms with van der Waals surface area (Å²) in [5, 5.41) is 5.70. The summed E-state index contributed by atoms with van der Waals surface area (Å²) in [5.41, 5.74) is 4.66. The van der Waals surface area contributed by atoms with Gasteiger partial charge in [0.05, 0.1) is 27.1 Å². The van der Waals surface area contributed by atoms with Gasteiger partial charge in [-0.1, -0.05) is 60.7 Å². The zero-order valence-corrected chi connectivity index (χ0v) is 22.8. The Balaban J connectivity index is 1.57. The molecule has 1 unspecified atom stereocenters. The Kier molecular flexibility index (Phi) is 9.16. The number of methoxy groups -OCH3 is 2. The van der Waals surface area contributed by atoms with E-state index in [0.29, 0.717) is 24.2 Å². The van der Waals surface area contributed by atoms with Gasteiger partial charge in [-0.3, -0.25) is 14.4 Å². The molecule has 0 fully saturated rings. The molecule has 2 N–H and O–H groups in total. The molecule has 1 aliphatic heterocycles. The minimum atomic E-state index is -0.915. The molecule has 1 aliphatic rings. The highest BCUT2D eigenvalue weighted by atomic mass is 16.5. The Hall–Kier alpha value is -4.66. The smallest absolute Gasteiger partial charge is 0.320 e. The molecule has 0 bridgehead atoms. The predicted molar refractivity (Wildman–Crippen MR) is 151 cm³/mol. The molecular formula is C31H33N3O6. The number of carbonyl (C=O) groups excluding carboxylic acids is 4. The van der Waals surface area contributed by atoms with Crippen molar-refractivity contribution in [1.82, 2.24) is 5.32 Å². The van der Waals surface area contributed by atoms with Gasteiger partial charge in [0.25, 0.3) is 5.91 Å². The zero-order chi connectivity index (χ0) is 28.6. The first-order valence-corrected chi connectivity index (χ1v) is 13.1. The topological polar surface area (TPSA) is 114 Å². The lowest BCUT2D eigenvalue weighted by Gasteiger charge is -2.26. The van der Waals surface area contributed by atoms with Gasteiger partial charge in [-0.15, -0.1) is 0 Å². The highest BCUT2D eigenvalue weighted by Crippen LogP contribution is 2.35. The average molecular weight is 544 g/mol. The monoisotopic (exact) mass is 543 g/mol. The summed E-state index contributed by atoms with van der Waals surface area (Å²) >= 11 is 0. The second kappa shape index (κ2) is 12.9. The Bertz CT molecular complexity index is 1370. The van der Waals surface area contributed by atoms with Crippen LogP contribution >= 0.6 is 0 Å². The number of amides is 3.